The normalized spacial score (nSPS) is 10.4. The van der Waals surface area contributed by atoms with Crippen LogP contribution in [0.5, 0.6) is 0 Å². The van der Waals surface area contributed by atoms with Crippen LogP contribution in [-0.2, 0) is 6.42 Å². The Morgan fingerprint density at radius 2 is 2.06 bits per heavy atom. The van der Waals surface area contributed by atoms with Crippen LogP contribution in [0, 0.1) is 0 Å². The summed E-state index contributed by atoms with van der Waals surface area (Å²) in [5, 5.41) is 12.4. The van der Waals surface area contributed by atoms with Crippen molar-refractivity contribution >= 4 is 11.6 Å². The molecule has 102 valence electrons. The SMILES string of the molecule is CCCNc1ncnc(N(CC)CCO)c1CC. The molecule has 0 aliphatic heterocycles. The molecule has 0 radical (unpaired) electrons. The number of nitrogens with one attached hydrogen (secondary N) is 1. The minimum absolute atomic E-state index is 0.138. The highest BCUT2D eigenvalue weighted by Gasteiger charge is 2.14. The highest BCUT2D eigenvalue weighted by molar-refractivity contribution is 5.58. The van der Waals surface area contributed by atoms with Gasteiger partial charge in [0.15, 0.2) is 0 Å². The predicted octanol–water partition coefficient (Wildman–Crippen LogP) is 1.68. The van der Waals surface area contributed by atoms with E-state index in [-0.39, 0.29) is 6.61 Å². The molecule has 0 aliphatic carbocycles. The van der Waals surface area contributed by atoms with Crippen molar-refractivity contribution in [3.05, 3.63) is 11.9 Å². The average Bonchev–Trinajstić information content (AvgIpc) is 2.42. The lowest BCUT2D eigenvalue weighted by atomic mass is 10.2. The van der Waals surface area contributed by atoms with Gasteiger partial charge in [0.2, 0.25) is 0 Å². The fourth-order valence-electron chi connectivity index (χ4n) is 1.93. The van der Waals surface area contributed by atoms with E-state index in [2.05, 4.69) is 41.0 Å². The van der Waals surface area contributed by atoms with Crippen molar-refractivity contribution in [2.75, 3.05) is 36.5 Å². The summed E-state index contributed by atoms with van der Waals surface area (Å²) in [5.74, 6) is 1.85. The first-order valence-corrected chi connectivity index (χ1v) is 6.71. The van der Waals surface area contributed by atoms with Crippen LogP contribution in [0.1, 0.15) is 32.8 Å². The van der Waals surface area contributed by atoms with Crippen LogP contribution in [0.15, 0.2) is 6.33 Å². The lowest BCUT2D eigenvalue weighted by molar-refractivity contribution is 0.302. The Balaban J connectivity index is 3.02. The van der Waals surface area contributed by atoms with Crippen LogP contribution in [0.4, 0.5) is 11.6 Å². The summed E-state index contributed by atoms with van der Waals surface area (Å²) in [6.45, 7) is 8.78. The molecule has 0 atom stereocenters. The smallest absolute Gasteiger partial charge is 0.137 e. The largest absolute Gasteiger partial charge is 0.395 e. The molecule has 0 saturated heterocycles. The Hall–Kier alpha value is -1.36. The lowest BCUT2D eigenvalue weighted by Crippen LogP contribution is -2.28. The fourth-order valence-corrected chi connectivity index (χ4v) is 1.93. The maximum atomic E-state index is 9.10. The summed E-state index contributed by atoms with van der Waals surface area (Å²) < 4.78 is 0. The Morgan fingerprint density at radius 1 is 1.28 bits per heavy atom. The first-order chi connectivity index (χ1) is 8.78. The van der Waals surface area contributed by atoms with Crippen molar-refractivity contribution < 1.29 is 5.11 Å². The van der Waals surface area contributed by atoms with Crippen LogP contribution < -0.4 is 10.2 Å². The number of likely N-dealkylation sites (N-methyl/N-ethyl adjacent to an activating group) is 1. The predicted molar refractivity (Wildman–Crippen MR) is 75.2 cm³/mol. The van der Waals surface area contributed by atoms with Crippen LogP contribution >= 0.6 is 0 Å². The van der Waals surface area contributed by atoms with Crippen molar-refractivity contribution in [1.82, 2.24) is 9.97 Å². The second-order valence-corrected chi connectivity index (χ2v) is 4.11. The summed E-state index contributed by atoms with van der Waals surface area (Å²) >= 11 is 0. The third kappa shape index (κ3) is 3.57. The third-order valence-corrected chi connectivity index (χ3v) is 2.87. The van der Waals surface area contributed by atoms with Crippen LogP contribution in [0.3, 0.4) is 0 Å². The second kappa shape index (κ2) is 7.87. The maximum absolute atomic E-state index is 9.10. The van der Waals surface area contributed by atoms with Crippen molar-refractivity contribution in [2.45, 2.75) is 33.6 Å². The zero-order valence-electron chi connectivity index (χ0n) is 11.6. The number of hydrogen-bond acceptors (Lipinski definition) is 5. The molecule has 18 heavy (non-hydrogen) atoms. The van der Waals surface area contributed by atoms with Crippen molar-refractivity contribution in [3.8, 4) is 0 Å². The van der Waals surface area contributed by atoms with E-state index in [1.165, 1.54) is 0 Å². The van der Waals surface area contributed by atoms with Gasteiger partial charge in [-0.15, -0.1) is 0 Å². The van der Waals surface area contributed by atoms with E-state index in [4.69, 9.17) is 5.11 Å². The van der Waals surface area contributed by atoms with Crippen LogP contribution in [0.25, 0.3) is 0 Å². The van der Waals surface area contributed by atoms with Crippen molar-refractivity contribution in [2.24, 2.45) is 0 Å². The van der Waals surface area contributed by atoms with E-state index < -0.39 is 0 Å². The van der Waals surface area contributed by atoms with Gasteiger partial charge in [0, 0.05) is 25.2 Å². The topological polar surface area (TPSA) is 61.3 Å². The number of aliphatic hydroxyl groups is 1. The molecular formula is C13H24N4O. The quantitative estimate of drug-likeness (QED) is 0.737. The van der Waals surface area contributed by atoms with Gasteiger partial charge < -0.3 is 15.3 Å². The molecule has 1 heterocycles. The molecule has 0 spiro atoms. The summed E-state index contributed by atoms with van der Waals surface area (Å²) in [7, 11) is 0. The van der Waals surface area contributed by atoms with Gasteiger partial charge in [-0.25, -0.2) is 9.97 Å². The van der Waals surface area contributed by atoms with Gasteiger partial charge in [-0.3, -0.25) is 0 Å². The highest BCUT2D eigenvalue weighted by atomic mass is 16.3. The van der Waals surface area contributed by atoms with E-state index in [9.17, 15) is 0 Å². The zero-order chi connectivity index (χ0) is 13.4. The Labute approximate surface area is 109 Å². The summed E-state index contributed by atoms with van der Waals surface area (Å²) in [6, 6.07) is 0. The summed E-state index contributed by atoms with van der Waals surface area (Å²) in [4.78, 5) is 10.8. The zero-order valence-corrected chi connectivity index (χ0v) is 11.6. The molecule has 2 N–H and O–H groups in total. The minimum Gasteiger partial charge on any atom is -0.395 e. The van der Waals surface area contributed by atoms with Gasteiger partial charge in [-0.1, -0.05) is 13.8 Å². The van der Waals surface area contributed by atoms with Crippen LogP contribution in [0.2, 0.25) is 0 Å². The molecule has 5 nitrogen and oxygen atoms in total. The Bertz CT molecular complexity index is 357. The average molecular weight is 252 g/mol. The molecule has 0 aliphatic rings. The summed E-state index contributed by atoms with van der Waals surface area (Å²) in [6.07, 6.45) is 3.54. The Kier molecular flexibility index (Phi) is 6.43. The van der Waals surface area contributed by atoms with Gasteiger partial charge in [0.05, 0.1) is 6.61 Å². The Morgan fingerprint density at radius 3 is 2.61 bits per heavy atom. The maximum Gasteiger partial charge on any atom is 0.137 e. The summed E-state index contributed by atoms with van der Waals surface area (Å²) in [5.41, 5.74) is 1.13. The molecule has 0 bridgehead atoms. The standard InChI is InChI=1S/C13H24N4O/c1-4-7-14-12-11(5-2)13(16-10-15-12)17(6-3)8-9-18/h10,18H,4-9H2,1-3H3,(H,14,15,16). The molecular weight excluding hydrogens is 228 g/mol. The molecule has 0 unspecified atom stereocenters. The van der Waals surface area contributed by atoms with E-state index in [0.717, 1.165) is 43.1 Å². The fraction of sp³-hybridized carbons (Fsp3) is 0.692. The molecule has 0 fully saturated rings. The lowest BCUT2D eigenvalue weighted by Gasteiger charge is -2.24. The van der Waals surface area contributed by atoms with Gasteiger partial charge >= 0.3 is 0 Å². The van der Waals surface area contributed by atoms with E-state index in [0.29, 0.717) is 6.54 Å². The number of nitrogens with zero attached hydrogens (tertiary/aromatic N) is 3. The number of aliphatic hydroxyl groups excluding tert-OH is 1. The number of aromatic nitrogens is 2. The molecule has 0 aromatic carbocycles. The van der Waals surface area contributed by atoms with Crippen molar-refractivity contribution in [1.29, 1.82) is 0 Å². The van der Waals surface area contributed by atoms with E-state index in [1.807, 2.05) is 0 Å². The molecule has 0 saturated carbocycles. The van der Waals surface area contributed by atoms with E-state index in [1.54, 1.807) is 6.33 Å². The van der Waals surface area contributed by atoms with Gasteiger partial charge in [-0.05, 0) is 19.8 Å². The van der Waals surface area contributed by atoms with Gasteiger partial charge in [0.25, 0.3) is 0 Å². The number of anilines is 2. The van der Waals surface area contributed by atoms with Gasteiger partial charge in [-0.2, -0.15) is 0 Å². The molecule has 5 heteroatoms. The second-order valence-electron chi connectivity index (χ2n) is 4.11. The van der Waals surface area contributed by atoms with Gasteiger partial charge in [0.1, 0.15) is 18.0 Å². The number of hydrogen-bond donors (Lipinski definition) is 2. The minimum atomic E-state index is 0.138. The monoisotopic (exact) mass is 252 g/mol. The molecule has 1 rings (SSSR count). The van der Waals surface area contributed by atoms with E-state index >= 15 is 0 Å². The first kappa shape index (κ1) is 14.7. The third-order valence-electron chi connectivity index (χ3n) is 2.87. The molecule has 1 aromatic heterocycles. The number of rotatable bonds is 8. The van der Waals surface area contributed by atoms with Crippen LogP contribution in [-0.4, -0.2) is 41.3 Å². The molecule has 1 aromatic rings. The highest BCUT2D eigenvalue weighted by Crippen LogP contribution is 2.23. The van der Waals surface area contributed by atoms with Crippen molar-refractivity contribution in [3.63, 3.8) is 0 Å². The molecule has 0 amide bonds. The first-order valence-electron chi connectivity index (χ1n) is 6.71.